The molecule has 0 fully saturated rings. The van der Waals surface area contributed by atoms with Gasteiger partial charge in [-0.15, -0.1) is 0 Å². The molecule has 1 rings (SSSR count). The van der Waals surface area contributed by atoms with Crippen molar-refractivity contribution in [3.8, 4) is 0 Å². The second-order valence-electron chi connectivity index (χ2n) is 3.61. The van der Waals surface area contributed by atoms with Gasteiger partial charge in [0.1, 0.15) is 5.82 Å². The van der Waals surface area contributed by atoms with Gasteiger partial charge in [0, 0.05) is 18.7 Å². The van der Waals surface area contributed by atoms with Crippen molar-refractivity contribution in [1.82, 2.24) is 10.0 Å². The Kier molecular flexibility index (Phi) is 5.04. The predicted octanol–water partition coefficient (Wildman–Crippen LogP) is 1.02. The van der Waals surface area contributed by atoms with Crippen LogP contribution >= 0.6 is 0 Å². The van der Waals surface area contributed by atoms with Crippen molar-refractivity contribution in [2.45, 2.75) is 18.7 Å². The first-order valence-corrected chi connectivity index (χ1v) is 6.93. The maximum Gasteiger partial charge on any atom is 0.240 e. The lowest BCUT2D eigenvalue weighted by Gasteiger charge is -2.09. The van der Waals surface area contributed by atoms with Crippen LogP contribution in [0, 0.1) is 12.7 Å². The van der Waals surface area contributed by atoms with Crippen molar-refractivity contribution in [1.29, 1.82) is 0 Å². The molecule has 6 heteroatoms. The van der Waals surface area contributed by atoms with Crippen LogP contribution in [0.1, 0.15) is 12.5 Å². The van der Waals surface area contributed by atoms with Gasteiger partial charge in [-0.3, -0.25) is 0 Å². The molecule has 0 spiro atoms. The number of sulfonamides is 1. The van der Waals surface area contributed by atoms with E-state index in [-0.39, 0.29) is 17.0 Å². The van der Waals surface area contributed by atoms with Crippen LogP contribution in [0.3, 0.4) is 0 Å². The Labute approximate surface area is 101 Å². The number of hydrogen-bond acceptors (Lipinski definition) is 3. The van der Waals surface area contributed by atoms with Gasteiger partial charge in [0.15, 0.2) is 0 Å². The fourth-order valence-corrected chi connectivity index (χ4v) is 2.69. The molecule has 17 heavy (non-hydrogen) atoms. The van der Waals surface area contributed by atoms with Gasteiger partial charge >= 0.3 is 0 Å². The minimum Gasteiger partial charge on any atom is -0.316 e. The molecule has 0 aliphatic rings. The summed E-state index contributed by atoms with van der Waals surface area (Å²) in [6.45, 7) is 5.00. The van der Waals surface area contributed by atoms with Crippen LogP contribution in [0.25, 0.3) is 0 Å². The highest BCUT2D eigenvalue weighted by atomic mass is 32.2. The molecule has 0 bridgehead atoms. The first-order chi connectivity index (χ1) is 7.99. The fraction of sp³-hybridized carbons (Fsp3) is 0.455. The minimum absolute atomic E-state index is 0.00556. The third-order valence-corrected chi connectivity index (χ3v) is 3.96. The van der Waals surface area contributed by atoms with E-state index in [4.69, 9.17) is 0 Å². The van der Waals surface area contributed by atoms with E-state index in [2.05, 4.69) is 10.0 Å². The van der Waals surface area contributed by atoms with E-state index in [1.54, 1.807) is 0 Å². The van der Waals surface area contributed by atoms with Gasteiger partial charge in [-0.2, -0.15) is 0 Å². The molecular weight excluding hydrogens is 243 g/mol. The predicted molar refractivity (Wildman–Crippen MR) is 64.9 cm³/mol. The third kappa shape index (κ3) is 3.76. The van der Waals surface area contributed by atoms with E-state index >= 15 is 0 Å². The molecule has 96 valence electrons. The Morgan fingerprint density at radius 3 is 2.65 bits per heavy atom. The molecule has 1 aromatic rings. The first kappa shape index (κ1) is 14.1. The second kappa shape index (κ2) is 6.09. The topological polar surface area (TPSA) is 58.2 Å². The zero-order valence-electron chi connectivity index (χ0n) is 9.96. The molecule has 0 amide bonds. The molecule has 0 heterocycles. The standard InChI is InChI=1S/C11H17FN2O2S/c1-3-13-7-8-14-17(15,16)11-6-4-5-10(12)9(11)2/h4-6,13-14H,3,7-8H2,1-2H3. The normalized spacial score (nSPS) is 11.7. The zero-order valence-corrected chi connectivity index (χ0v) is 10.8. The van der Waals surface area contributed by atoms with Gasteiger partial charge in [-0.25, -0.2) is 17.5 Å². The summed E-state index contributed by atoms with van der Waals surface area (Å²) in [4.78, 5) is -0.00556. The number of rotatable bonds is 6. The van der Waals surface area contributed by atoms with Crippen LogP contribution < -0.4 is 10.0 Å². The average Bonchev–Trinajstić information content (AvgIpc) is 2.28. The van der Waals surface area contributed by atoms with Crippen molar-refractivity contribution in [3.63, 3.8) is 0 Å². The van der Waals surface area contributed by atoms with Gasteiger partial charge in [0.2, 0.25) is 10.0 Å². The summed E-state index contributed by atoms with van der Waals surface area (Å²) in [5.74, 6) is -0.514. The Bertz CT molecular complexity index is 474. The third-order valence-electron chi connectivity index (χ3n) is 2.35. The van der Waals surface area contributed by atoms with E-state index in [1.165, 1.54) is 25.1 Å². The molecule has 0 saturated carbocycles. The molecule has 0 aromatic heterocycles. The van der Waals surface area contributed by atoms with E-state index in [0.29, 0.717) is 6.54 Å². The van der Waals surface area contributed by atoms with E-state index in [1.807, 2.05) is 6.92 Å². The summed E-state index contributed by atoms with van der Waals surface area (Å²) in [5.41, 5.74) is 0.142. The van der Waals surface area contributed by atoms with E-state index in [9.17, 15) is 12.8 Å². The molecule has 0 radical (unpaired) electrons. The lowest BCUT2D eigenvalue weighted by atomic mass is 10.2. The average molecular weight is 260 g/mol. The molecule has 0 aliphatic heterocycles. The zero-order chi connectivity index (χ0) is 12.9. The van der Waals surface area contributed by atoms with Crippen LogP contribution in [-0.2, 0) is 10.0 Å². The van der Waals surface area contributed by atoms with E-state index in [0.717, 1.165) is 6.54 Å². The van der Waals surface area contributed by atoms with Crippen LogP contribution in [0.4, 0.5) is 4.39 Å². The summed E-state index contributed by atoms with van der Waals surface area (Å²) >= 11 is 0. The maximum absolute atomic E-state index is 13.2. The lowest BCUT2D eigenvalue weighted by molar-refractivity contribution is 0.571. The van der Waals surface area contributed by atoms with Crippen molar-refractivity contribution >= 4 is 10.0 Å². The van der Waals surface area contributed by atoms with Gasteiger partial charge < -0.3 is 5.32 Å². The number of halogens is 1. The van der Waals surface area contributed by atoms with Crippen LogP contribution in [0.2, 0.25) is 0 Å². The van der Waals surface area contributed by atoms with Gasteiger partial charge in [0.05, 0.1) is 4.90 Å². The lowest BCUT2D eigenvalue weighted by Crippen LogP contribution is -2.32. The Morgan fingerprint density at radius 2 is 2.00 bits per heavy atom. The highest BCUT2D eigenvalue weighted by molar-refractivity contribution is 7.89. The Balaban J connectivity index is 2.79. The maximum atomic E-state index is 13.2. The van der Waals surface area contributed by atoms with Gasteiger partial charge in [0.25, 0.3) is 0 Å². The quantitative estimate of drug-likeness (QED) is 0.751. The number of nitrogens with one attached hydrogen (secondary N) is 2. The number of hydrogen-bond donors (Lipinski definition) is 2. The summed E-state index contributed by atoms with van der Waals surface area (Å²) in [5, 5.41) is 3.00. The van der Waals surface area contributed by atoms with Gasteiger partial charge in [-0.05, 0) is 25.6 Å². The number of likely N-dealkylation sites (N-methyl/N-ethyl adjacent to an activating group) is 1. The van der Waals surface area contributed by atoms with Crippen molar-refractivity contribution in [2.75, 3.05) is 19.6 Å². The largest absolute Gasteiger partial charge is 0.316 e. The second-order valence-corrected chi connectivity index (χ2v) is 5.35. The highest BCUT2D eigenvalue weighted by Gasteiger charge is 2.17. The summed E-state index contributed by atoms with van der Waals surface area (Å²) < 4.78 is 39.4. The van der Waals surface area contributed by atoms with Crippen molar-refractivity contribution in [3.05, 3.63) is 29.6 Å². The molecule has 0 saturated heterocycles. The summed E-state index contributed by atoms with van der Waals surface area (Å²) in [6.07, 6.45) is 0. The fourth-order valence-electron chi connectivity index (χ4n) is 1.41. The Morgan fingerprint density at radius 1 is 1.29 bits per heavy atom. The van der Waals surface area contributed by atoms with Crippen LogP contribution in [-0.4, -0.2) is 28.1 Å². The SMILES string of the molecule is CCNCCNS(=O)(=O)c1cccc(F)c1C. The van der Waals surface area contributed by atoms with Crippen molar-refractivity contribution < 1.29 is 12.8 Å². The molecule has 0 atom stereocenters. The van der Waals surface area contributed by atoms with Crippen molar-refractivity contribution in [2.24, 2.45) is 0 Å². The summed E-state index contributed by atoms with van der Waals surface area (Å²) in [6, 6.07) is 4.03. The minimum atomic E-state index is -3.62. The molecule has 4 nitrogen and oxygen atoms in total. The highest BCUT2D eigenvalue weighted by Crippen LogP contribution is 2.16. The smallest absolute Gasteiger partial charge is 0.240 e. The molecule has 0 unspecified atom stereocenters. The number of benzene rings is 1. The van der Waals surface area contributed by atoms with E-state index < -0.39 is 15.8 Å². The molecule has 1 aromatic carbocycles. The Hall–Kier alpha value is -0.980. The molecular formula is C11H17FN2O2S. The first-order valence-electron chi connectivity index (χ1n) is 5.44. The summed E-state index contributed by atoms with van der Waals surface area (Å²) in [7, 11) is -3.62. The molecule has 0 aliphatic carbocycles. The van der Waals surface area contributed by atoms with Crippen LogP contribution in [0.15, 0.2) is 23.1 Å². The van der Waals surface area contributed by atoms with Crippen LogP contribution in [0.5, 0.6) is 0 Å². The molecule has 2 N–H and O–H groups in total. The van der Waals surface area contributed by atoms with Gasteiger partial charge in [-0.1, -0.05) is 13.0 Å². The monoisotopic (exact) mass is 260 g/mol.